The predicted octanol–water partition coefficient (Wildman–Crippen LogP) is 2.49. The molecule has 0 aromatic heterocycles. The highest BCUT2D eigenvalue weighted by molar-refractivity contribution is 5.97. The van der Waals surface area contributed by atoms with E-state index < -0.39 is 35.5 Å². The first kappa shape index (κ1) is 23.2. The van der Waals surface area contributed by atoms with E-state index in [0.717, 1.165) is 0 Å². The van der Waals surface area contributed by atoms with Crippen LogP contribution < -0.4 is 16.0 Å². The number of likely N-dealkylation sites (tertiary alicyclic amines) is 1. The molecular weight excluding hydrogens is 388 g/mol. The van der Waals surface area contributed by atoms with Crippen molar-refractivity contribution in [1.82, 2.24) is 15.5 Å². The average molecular weight is 418 g/mol. The minimum Gasteiger partial charge on any atom is -0.452 e. The Kier molecular flexibility index (Phi) is 7.79. The Hall–Kier alpha value is -3.10. The molecule has 1 heterocycles. The van der Waals surface area contributed by atoms with Gasteiger partial charge in [0.05, 0.1) is 5.92 Å². The van der Waals surface area contributed by atoms with Gasteiger partial charge in [-0.15, -0.1) is 0 Å². The maximum absolute atomic E-state index is 12.4. The highest BCUT2D eigenvalue weighted by Gasteiger charge is 2.31. The lowest BCUT2D eigenvalue weighted by Crippen LogP contribution is -2.51. The molecule has 1 aliphatic rings. The minimum atomic E-state index is -1.09. The zero-order chi connectivity index (χ0) is 22.3. The van der Waals surface area contributed by atoms with E-state index in [4.69, 9.17) is 4.74 Å². The van der Waals surface area contributed by atoms with Gasteiger partial charge in [-0.3, -0.25) is 14.9 Å². The van der Waals surface area contributed by atoms with Crippen LogP contribution in [0, 0.1) is 5.92 Å². The van der Waals surface area contributed by atoms with E-state index in [9.17, 15) is 19.2 Å². The molecular formula is C21H30N4O5. The second-order valence-electron chi connectivity index (χ2n) is 8.33. The molecule has 0 bridgehead atoms. The number of imide groups is 1. The Balaban J connectivity index is 1.76. The molecule has 1 aromatic carbocycles. The summed E-state index contributed by atoms with van der Waals surface area (Å²) in [6.07, 6.45) is -0.206. The van der Waals surface area contributed by atoms with Crippen LogP contribution >= 0.6 is 0 Å². The Morgan fingerprint density at radius 2 is 1.67 bits per heavy atom. The minimum absolute atomic E-state index is 0.217. The number of para-hydroxylation sites is 1. The van der Waals surface area contributed by atoms with Gasteiger partial charge in [-0.1, -0.05) is 18.2 Å². The lowest BCUT2D eigenvalue weighted by molar-refractivity contribution is -0.159. The number of benzene rings is 1. The molecule has 3 N–H and O–H groups in total. The molecule has 0 unspecified atom stereocenters. The Morgan fingerprint density at radius 1 is 1.07 bits per heavy atom. The number of nitrogens with zero attached hydrogens (tertiary/aromatic N) is 1. The number of nitrogens with one attached hydrogen (secondary N) is 3. The van der Waals surface area contributed by atoms with Crippen LogP contribution in [0.3, 0.4) is 0 Å². The standard InChI is InChI=1S/C21H30N4O5/c1-14(17(26)23-19(28)24-21(2,3)4)30-18(27)15-10-12-25(13-11-15)20(29)22-16-8-6-5-7-9-16/h5-9,14-15H,10-13H2,1-4H3,(H,22,29)(H2,23,24,26,28)/t14-/m0/s1. The summed E-state index contributed by atoms with van der Waals surface area (Å²) in [6, 6.07) is 8.28. The maximum Gasteiger partial charge on any atom is 0.321 e. The summed E-state index contributed by atoms with van der Waals surface area (Å²) in [4.78, 5) is 50.2. The Bertz CT molecular complexity index is 767. The fourth-order valence-electron chi connectivity index (χ4n) is 2.95. The lowest BCUT2D eigenvalue weighted by atomic mass is 9.97. The molecule has 1 fully saturated rings. The van der Waals surface area contributed by atoms with E-state index in [2.05, 4.69) is 16.0 Å². The quantitative estimate of drug-likeness (QED) is 0.650. The highest BCUT2D eigenvalue weighted by Crippen LogP contribution is 2.20. The van der Waals surface area contributed by atoms with E-state index in [-0.39, 0.29) is 6.03 Å². The monoisotopic (exact) mass is 418 g/mol. The highest BCUT2D eigenvalue weighted by atomic mass is 16.5. The van der Waals surface area contributed by atoms with Crippen molar-refractivity contribution in [2.45, 2.75) is 52.2 Å². The van der Waals surface area contributed by atoms with E-state index in [1.165, 1.54) is 6.92 Å². The second-order valence-corrected chi connectivity index (χ2v) is 8.33. The van der Waals surface area contributed by atoms with Crippen molar-refractivity contribution in [3.05, 3.63) is 30.3 Å². The van der Waals surface area contributed by atoms with Gasteiger partial charge in [-0.2, -0.15) is 0 Å². The number of carbonyl (C=O) groups excluding carboxylic acids is 4. The zero-order valence-corrected chi connectivity index (χ0v) is 17.9. The van der Waals surface area contributed by atoms with Gasteiger partial charge < -0.3 is 20.3 Å². The summed E-state index contributed by atoms with van der Waals surface area (Å²) in [5, 5.41) is 7.58. The van der Waals surface area contributed by atoms with Crippen LogP contribution in [0.1, 0.15) is 40.5 Å². The van der Waals surface area contributed by atoms with Gasteiger partial charge in [0, 0.05) is 24.3 Å². The topological polar surface area (TPSA) is 117 Å². The first-order valence-corrected chi connectivity index (χ1v) is 9.99. The summed E-state index contributed by atoms with van der Waals surface area (Å²) < 4.78 is 5.22. The molecule has 0 saturated carbocycles. The van der Waals surface area contributed by atoms with Crippen LogP contribution in [0.25, 0.3) is 0 Å². The molecule has 5 amide bonds. The van der Waals surface area contributed by atoms with Crippen LogP contribution in [0.2, 0.25) is 0 Å². The van der Waals surface area contributed by atoms with Crippen molar-refractivity contribution in [2.24, 2.45) is 5.92 Å². The van der Waals surface area contributed by atoms with E-state index in [1.54, 1.807) is 37.8 Å². The number of rotatable bonds is 4. The van der Waals surface area contributed by atoms with Gasteiger partial charge in [0.25, 0.3) is 5.91 Å². The molecule has 164 valence electrons. The van der Waals surface area contributed by atoms with Gasteiger partial charge in [0.15, 0.2) is 6.10 Å². The van der Waals surface area contributed by atoms with E-state index in [1.807, 2.05) is 18.2 Å². The van der Waals surface area contributed by atoms with Crippen molar-refractivity contribution in [1.29, 1.82) is 0 Å². The van der Waals surface area contributed by atoms with Gasteiger partial charge in [0.1, 0.15) is 0 Å². The molecule has 1 atom stereocenters. The molecule has 9 nitrogen and oxygen atoms in total. The number of urea groups is 2. The van der Waals surface area contributed by atoms with Crippen LogP contribution in [0.15, 0.2) is 30.3 Å². The fourth-order valence-corrected chi connectivity index (χ4v) is 2.95. The first-order valence-electron chi connectivity index (χ1n) is 9.99. The molecule has 1 aliphatic heterocycles. The van der Waals surface area contributed by atoms with Crippen LogP contribution in [0.4, 0.5) is 15.3 Å². The third kappa shape index (κ3) is 7.38. The van der Waals surface area contributed by atoms with Crippen molar-refractivity contribution in [2.75, 3.05) is 18.4 Å². The SMILES string of the molecule is C[C@H](OC(=O)C1CCN(C(=O)Nc2ccccc2)CC1)C(=O)NC(=O)NC(C)(C)C. The first-order chi connectivity index (χ1) is 14.0. The molecule has 2 rings (SSSR count). The molecule has 0 spiro atoms. The van der Waals surface area contributed by atoms with Gasteiger partial charge in [-0.25, -0.2) is 9.59 Å². The van der Waals surface area contributed by atoms with Crippen LogP contribution in [-0.4, -0.2) is 53.6 Å². The number of piperidine rings is 1. The van der Waals surface area contributed by atoms with Gasteiger partial charge in [0.2, 0.25) is 0 Å². The third-order valence-corrected chi connectivity index (χ3v) is 4.53. The molecule has 30 heavy (non-hydrogen) atoms. The van der Waals surface area contributed by atoms with Gasteiger partial charge in [-0.05, 0) is 52.7 Å². The summed E-state index contributed by atoms with van der Waals surface area (Å²) in [5.74, 6) is -1.59. The smallest absolute Gasteiger partial charge is 0.321 e. The summed E-state index contributed by atoms with van der Waals surface area (Å²) >= 11 is 0. The van der Waals surface area contributed by atoms with Crippen molar-refractivity contribution < 1.29 is 23.9 Å². The molecule has 0 aliphatic carbocycles. The van der Waals surface area contributed by atoms with Crippen molar-refractivity contribution >= 4 is 29.6 Å². The number of amides is 5. The maximum atomic E-state index is 12.4. The molecule has 1 aromatic rings. The number of anilines is 1. The normalized spacial score (nSPS) is 15.7. The number of ether oxygens (including phenoxy) is 1. The largest absolute Gasteiger partial charge is 0.452 e. The zero-order valence-electron chi connectivity index (χ0n) is 17.9. The number of hydrogen-bond donors (Lipinski definition) is 3. The van der Waals surface area contributed by atoms with Gasteiger partial charge >= 0.3 is 18.0 Å². The summed E-state index contributed by atoms with van der Waals surface area (Å²) in [7, 11) is 0. The summed E-state index contributed by atoms with van der Waals surface area (Å²) in [6.45, 7) is 7.59. The average Bonchev–Trinajstić information content (AvgIpc) is 2.67. The van der Waals surface area contributed by atoms with Crippen molar-refractivity contribution in [3.63, 3.8) is 0 Å². The number of carbonyl (C=O) groups is 4. The van der Waals surface area contributed by atoms with Crippen molar-refractivity contribution in [3.8, 4) is 0 Å². The molecule has 0 radical (unpaired) electrons. The predicted molar refractivity (Wildman–Crippen MR) is 112 cm³/mol. The number of esters is 1. The van der Waals surface area contributed by atoms with Crippen LogP contribution in [-0.2, 0) is 14.3 Å². The molecule has 9 heteroatoms. The third-order valence-electron chi connectivity index (χ3n) is 4.53. The summed E-state index contributed by atoms with van der Waals surface area (Å²) in [5.41, 5.74) is 0.213. The number of hydrogen-bond acceptors (Lipinski definition) is 5. The Morgan fingerprint density at radius 3 is 2.23 bits per heavy atom. The Labute approximate surface area is 176 Å². The van der Waals surface area contributed by atoms with E-state index >= 15 is 0 Å². The van der Waals surface area contributed by atoms with Crippen LogP contribution in [0.5, 0.6) is 0 Å². The fraction of sp³-hybridized carbons (Fsp3) is 0.524. The lowest BCUT2D eigenvalue weighted by Gasteiger charge is -2.31. The second kappa shape index (κ2) is 10.1. The van der Waals surface area contributed by atoms with E-state index in [0.29, 0.717) is 31.6 Å². The molecule has 1 saturated heterocycles.